The molecule has 0 heterocycles. The minimum absolute atomic E-state index is 0.322. The van der Waals surface area contributed by atoms with Crippen molar-refractivity contribution in [3.05, 3.63) is 374 Å². The third-order valence-electron chi connectivity index (χ3n) is 12.0. The van der Waals surface area contributed by atoms with Gasteiger partial charge in [-0.25, -0.2) is 0 Å². The lowest BCUT2D eigenvalue weighted by molar-refractivity contribution is 0.475. The maximum absolute atomic E-state index is 8.63. The summed E-state index contributed by atoms with van der Waals surface area (Å²) in [4.78, 5) is 0. The summed E-state index contributed by atoms with van der Waals surface area (Å²) >= 11 is 0. The summed E-state index contributed by atoms with van der Waals surface area (Å²) < 4.78 is 0. The number of hydrogen-bond donors (Lipinski definition) is 6. The summed E-state index contributed by atoms with van der Waals surface area (Å²) in [6, 6.07) is 112. The Morgan fingerprint density at radius 1 is 0.143 bits per heavy atom. The number of phenols is 6. The predicted octanol–water partition coefficient (Wildman–Crippen LogP) is 26.3. The SMILES string of the molecule is CCC.CCC.CCC.CCC.CCc1ccc(-c2ccc(CC)cc2)cc1.CCc1ccc(-c2ccc(CC)cc2)cc1.Oc1ccccc1.Oc1ccccc1.Oc1ccccc1.Oc1ccccc1.Oc1ccccc1.Oc1ccccc1.c1ccccc1.c1ccccc1. The van der Waals surface area contributed by atoms with Crippen LogP contribution in [0.4, 0.5) is 0 Å². The third-order valence-corrected chi connectivity index (χ3v) is 12.0. The van der Waals surface area contributed by atoms with E-state index in [1.165, 1.54) is 70.2 Å². The number of benzene rings is 12. The summed E-state index contributed by atoms with van der Waals surface area (Å²) in [6.45, 7) is 25.7. The fraction of sp³-hybridized carbons (Fsp3) is 0.217. The van der Waals surface area contributed by atoms with E-state index in [1.54, 1.807) is 146 Å². The van der Waals surface area contributed by atoms with E-state index in [2.05, 4.69) is 180 Å². The van der Waals surface area contributed by atoms with Gasteiger partial charge in [0.25, 0.3) is 0 Å². The van der Waals surface area contributed by atoms with Crippen LogP contribution in [0.3, 0.4) is 0 Å². The second-order valence-corrected chi connectivity index (χ2v) is 21.4. The van der Waals surface area contributed by atoms with E-state index in [0.717, 1.165) is 25.7 Å². The Morgan fingerprint density at radius 3 is 0.306 bits per heavy atom. The average molecular weight is 1320 g/mol. The van der Waals surface area contributed by atoms with Gasteiger partial charge in [-0.15, -0.1) is 0 Å². The molecule has 6 nitrogen and oxygen atoms in total. The average Bonchev–Trinajstić information content (AvgIpc) is 0.903. The standard InChI is InChI=1S/2C16H18.6C6H6O.2C6H6.4C3H8/c2*1-3-13-5-9-15(10-6-13)16-11-7-14(4-2)8-12-16;6*7-6-4-2-1-3-5-6;2*1-2-4-6-5-3-1;4*1-3-2/h2*5-12H,3-4H2,1-2H3;6*1-5,7H;2*1-6H;4*3H2,1-2H3. The molecule has 12 aromatic rings. The van der Waals surface area contributed by atoms with E-state index >= 15 is 0 Å². The van der Waals surface area contributed by atoms with Gasteiger partial charge >= 0.3 is 0 Å². The topological polar surface area (TPSA) is 121 Å². The van der Waals surface area contributed by atoms with Crippen molar-refractivity contribution in [2.45, 2.75) is 134 Å². The Balaban J connectivity index is 0. The molecule has 12 rings (SSSR count). The van der Waals surface area contributed by atoms with Crippen molar-refractivity contribution < 1.29 is 30.6 Å². The van der Waals surface area contributed by atoms with Crippen molar-refractivity contribution in [1.29, 1.82) is 0 Å². The van der Waals surface area contributed by atoms with Crippen molar-refractivity contribution >= 4 is 0 Å². The summed E-state index contributed by atoms with van der Waals surface area (Å²) in [6.07, 6.45) is 9.42. The zero-order chi connectivity index (χ0) is 72.8. The Labute approximate surface area is 592 Å². The van der Waals surface area contributed by atoms with Crippen LogP contribution in [0.15, 0.2) is 352 Å². The maximum Gasteiger partial charge on any atom is 0.115 e. The van der Waals surface area contributed by atoms with Gasteiger partial charge in [-0.2, -0.15) is 0 Å². The van der Waals surface area contributed by atoms with Crippen molar-refractivity contribution in [2.24, 2.45) is 0 Å². The molecule has 0 saturated carbocycles. The highest BCUT2D eigenvalue weighted by Gasteiger charge is 1.99. The Kier molecular flexibility index (Phi) is 60.7. The van der Waals surface area contributed by atoms with Gasteiger partial charge in [0, 0.05) is 0 Å². The van der Waals surface area contributed by atoms with E-state index in [9.17, 15) is 0 Å². The van der Waals surface area contributed by atoms with Crippen LogP contribution in [-0.4, -0.2) is 30.6 Å². The molecule has 0 aromatic heterocycles. The summed E-state index contributed by atoms with van der Waals surface area (Å²) in [5, 5.41) is 51.8. The molecule has 6 N–H and O–H groups in total. The zero-order valence-electron chi connectivity index (χ0n) is 60.8. The lowest BCUT2D eigenvalue weighted by Gasteiger charge is -2.04. The van der Waals surface area contributed by atoms with Gasteiger partial charge in [0.15, 0.2) is 0 Å². The molecule has 0 aliphatic carbocycles. The van der Waals surface area contributed by atoms with Gasteiger partial charge in [0.1, 0.15) is 34.5 Å². The minimum atomic E-state index is 0.322. The molecule has 0 radical (unpaired) electrons. The van der Waals surface area contributed by atoms with Crippen LogP contribution < -0.4 is 0 Å². The zero-order valence-corrected chi connectivity index (χ0v) is 60.8. The van der Waals surface area contributed by atoms with Gasteiger partial charge < -0.3 is 30.6 Å². The van der Waals surface area contributed by atoms with Crippen LogP contribution in [0, 0.1) is 0 Å². The monoisotopic (exact) mass is 1320 g/mol. The second-order valence-electron chi connectivity index (χ2n) is 21.4. The second kappa shape index (κ2) is 66.5. The first-order valence-electron chi connectivity index (χ1n) is 34.5. The maximum atomic E-state index is 8.63. The van der Waals surface area contributed by atoms with Crippen LogP contribution in [0.1, 0.15) is 131 Å². The highest BCUT2D eigenvalue weighted by Crippen LogP contribution is 2.22. The highest BCUT2D eigenvalue weighted by molar-refractivity contribution is 5.65. The summed E-state index contributed by atoms with van der Waals surface area (Å²) in [5.41, 5.74) is 10.8. The minimum Gasteiger partial charge on any atom is -0.508 e. The molecule has 98 heavy (non-hydrogen) atoms. The van der Waals surface area contributed by atoms with Crippen LogP contribution >= 0.6 is 0 Å². The number of para-hydroxylation sites is 6. The van der Waals surface area contributed by atoms with E-state index in [1.807, 2.05) is 109 Å². The van der Waals surface area contributed by atoms with E-state index in [0.29, 0.717) is 34.5 Å². The lowest BCUT2D eigenvalue weighted by atomic mass is 10.0. The first kappa shape index (κ1) is 89.5. The smallest absolute Gasteiger partial charge is 0.115 e. The molecule has 0 unspecified atom stereocenters. The number of rotatable bonds is 6. The molecular weight excluding hydrogens is 1200 g/mol. The molecule has 0 aliphatic heterocycles. The van der Waals surface area contributed by atoms with E-state index in [4.69, 9.17) is 30.6 Å². The van der Waals surface area contributed by atoms with Crippen LogP contribution in [0.5, 0.6) is 34.5 Å². The van der Waals surface area contributed by atoms with Crippen molar-refractivity contribution in [1.82, 2.24) is 0 Å². The van der Waals surface area contributed by atoms with Gasteiger partial charge in [-0.05, 0) is 143 Å². The largest absolute Gasteiger partial charge is 0.508 e. The molecular formula is C92H116O6. The van der Waals surface area contributed by atoms with Crippen molar-refractivity contribution in [3.63, 3.8) is 0 Å². The molecule has 520 valence electrons. The van der Waals surface area contributed by atoms with Crippen molar-refractivity contribution in [3.8, 4) is 56.8 Å². The first-order valence-corrected chi connectivity index (χ1v) is 34.5. The lowest BCUT2D eigenvalue weighted by Crippen LogP contribution is -1.83. The Bertz CT molecular complexity index is 2890. The van der Waals surface area contributed by atoms with Crippen LogP contribution in [0.2, 0.25) is 0 Å². The third kappa shape index (κ3) is 54.8. The molecule has 0 bridgehead atoms. The number of hydrogen-bond acceptors (Lipinski definition) is 6. The quantitative estimate of drug-likeness (QED) is 0.0987. The van der Waals surface area contributed by atoms with Gasteiger partial charge in [-0.3, -0.25) is 0 Å². The molecule has 0 saturated heterocycles. The van der Waals surface area contributed by atoms with Gasteiger partial charge in [0.05, 0.1) is 0 Å². The molecule has 0 fully saturated rings. The first-order chi connectivity index (χ1) is 47.7. The molecule has 0 atom stereocenters. The number of aromatic hydroxyl groups is 6. The summed E-state index contributed by atoms with van der Waals surface area (Å²) in [5.74, 6) is 1.93. The van der Waals surface area contributed by atoms with E-state index < -0.39 is 0 Å². The summed E-state index contributed by atoms with van der Waals surface area (Å²) in [7, 11) is 0. The molecule has 12 aromatic carbocycles. The van der Waals surface area contributed by atoms with Gasteiger partial charge in [-0.1, -0.05) is 388 Å². The normalized spacial score (nSPS) is 8.78. The van der Waals surface area contributed by atoms with Crippen molar-refractivity contribution in [2.75, 3.05) is 0 Å². The molecule has 6 heteroatoms. The Morgan fingerprint density at radius 2 is 0.235 bits per heavy atom. The molecule has 0 spiro atoms. The fourth-order valence-corrected chi connectivity index (χ4v) is 7.07. The molecule has 0 aliphatic rings. The number of aryl methyl sites for hydroxylation is 4. The van der Waals surface area contributed by atoms with Crippen LogP contribution in [-0.2, 0) is 25.7 Å². The Hall–Kier alpha value is -10.6. The number of phenolic OH excluding ortho intramolecular Hbond substituents is 6. The fourth-order valence-electron chi connectivity index (χ4n) is 7.07. The van der Waals surface area contributed by atoms with E-state index in [-0.39, 0.29) is 0 Å². The van der Waals surface area contributed by atoms with Gasteiger partial charge in [0.2, 0.25) is 0 Å². The highest BCUT2D eigenvalue weighted by atomic mass is 16.3. The predicted molar refractivity (Wildman–Crippen MR) is 427 cm³/mol. The molecule has 0 amide bonds. The van der Waals surface area contributed by atoms with Crippen LogP contribution in [0.25, 0.3) is 22.3 Å².